The molecule has 0 aliphatic heterocycles. The summed E-state index contributed by atoms with van der Waals surface area (Å²) in [5.74, 6) is -0.693. The number of H-pyrrole nitrogens is 1. The molecule has 0 spiro atoms. The monoisotopic (exact) mass is 238 g/mol. The average molecular weight is 238 g/mol. The van der Waals surface area contributed by atoms with Gasteiger partial charge in [0.05, 0.1) is 6.04 Å². The van der Waals surface area contributed by atoms with Gasteiger partial charge in [-0.1, -0.05) is 6.92 Å². The van der Waals surface area contributed by atoms with Crippen LogP contribution in [0.2, 0.25) is 0 Å². The Hall–Kier alpha value is -1.82. The molecule has 0 bridgehead atoms. The van der Waals surface area contributed by atoms with E-state index in [9.17, 15) is 8.78 Å². The first-order chi connectivity index (χ1) is 8.20. The minimum atomic E-state index is -0.609. The first-order valence-corrected chi connectivity index (χ1v) is 5.25. The number of halogens is 2. The number of benzene rings is 1. The maximum absolute atomic E-state index is 13.2. The molecule has 0 fully saturated rings. The number of hydrogen-bond donors (Lipinski definition) is 2. The zero-order valence-corrected chi connectivity index (χ0v) is 9.24. The van der Waals surface area contributed by atoms with Gasteiger partial charge < -0.3 is 5.32 Å². The summed E-state index contributed by atoms with van der Waals surface area (Å²) in [5, 5.41) is 9.51. The van der Waals surface area contributed by atoms with Crippen LogP contribution in [0.25, 0.3) is 0 Å². The van der Waals surface area contributed by atoms with Gasteiger partial charge >= 0.3 is 0 Å². The third kappa shape index (κ3) is 2.65. The maximum atomic E-state index is 13.2. The summed E-state index contributed by atoms with van der Waals surface area (Å²) >= 11 is 0. The van der Waals surface area contributed by atoms with Crippen LogP contribution in [0.5, 0.6) is 0 Å². The number of aromatic nitrogens is 3. The molecule has 2 aromatic rings. The van der Waals surface area contributed by atoms with Crippen molar-refractivity contribution in [2.24, 2.45) is 0 Å². The second kappa shape index (κ2) is 5.01. The molecule has 0 aliphatic rings. The molecule has 2 rings (SSSR count). The average Bonchev–Trinajstić information content (AvgIpc) is 2.77. The summed E-state index contributed by atoms with van der Waals surface area (Å²) in [4.78, 5) is 4.00. The molecule has 1 aromatic carbocycles. The van der Waals surface area contributed by atoms with Crippen molar-refractivity contribution >= 4 is 0 Å². The van der Waals surface area contributed by atoms with Crippen LogP contribution in [-0.4, -0.2) is 21.7 Å². The molecule has 1 heterocycles. The van der Waals surface area contributed by atoms with Crippen molar-refractivity contribution in [3.8, 4) is 0 Å². The van der Waals surface area contributed by atoms with Gasteiger partial charge in [0.2, 0.25) is 0 Å². The zero-order valence-electron chi connectivity index (χ0n) is 9.24. The first-order valence-electron chi connectivity index (χ1n) is 5.25. The Morgan fingerprint density at radius 3 is 2.53 bits per heavy atom. The van der Waals surface area contributed by atoms with E-state index in [1.807, 2.05) is 6.92 Å². The van der Waals surface area contributed by atoms with Crippen molar-refractivity contribution in [2.45, 2.75) is 13.0 Å². The SMILES string of the molecule is CCNC(c1cc(F)cc(F)c1)c1ncn[nH]1. The van der Waals surface area contributed by atoms with Crippen LogP contribution >= 0.6 is 0 Å². The lowest BCUT2D eigenvalue weighted by Gasteiger charge is -2.15. The number of hydrogen-bond acceptors (Lipinski definition) is 3. The Morgan fingerprint density at radius 2 is 2.00 bits per heavy atom. The van der Waals surface area contributed by atoms with Crippen molar-refractivity contribution in [3.05, 3.63) is 47.5 Å². The molecule has 0 saturated carbocycles. The summed E-state index contributed by atoms with van der Waals surface area (Å²) in [6.45, 7) is 2.54. The highest BCUT2D eigenvalue weighted by Crippen LogP contribution is 2.20. The van der Waals surface area contributed by atoms with Crippen LogP contribution in [0, 0.1) is 11.6 Å². The topological polar surface area (TPSA) is 53.6 Å². The van der Waals surface area contributed by atoms with E-state index in [0.717, 1.165) is 6.07 Å². The van der Waals surface area contributed by atoms with Crippen molar-refractivity contribution in [2.75, 3.05) is 6.54 Å². The highest BCUT2D eigenvalue weighted by molar-refractivity contribution is 5.26. The summed E-state index contributed by atoms with van der Waals surface area (Å²) in [7, 11) is 0. The van der Waals surface area contributed by atoms with Gasteiger partial charge in [-0.2, -0.15) is 5.10 Å². The molecule has 1 aromatic heterocycles. The van der Waals surface area contributed by atoms with Crippen LogP contribution in [0.1, 0.15) is 24.4 Å². The third-order valence-electron chi connectivity index (χ3n) is 2.33. The minimum Gasteiger partial charge on any atom is -0.304 e. The Labute approximate surface area is 97.1 Å². The molecule has 2 N–H and O–H groups in total. The maximum Gasteiger partial charge on any atom is 0.145 e. The van der Waals surface area contributed by atoms with E-state index in [2.05, 4.69) is 20.5 Å². The van der Waals surface area contributed by atoms with E-state index in [1.165, 1.54) is 18.5 Å². The van der Waals surface area contributed by atoms with Crippen LogP contribution in [-0.2, 0) is 0 Å². The highest BCUT2D eigenvalue weighted by atomic mass is 19.1. The van der Waals surface area contributed by atoms with Gasteiger partial charge in [-0.3, -0.25) is 5.10 Å². The molecule has 90 valence electrons. The van der Waals surface area contributed by atoms with Gasteiger partial charge in [0, 0.05) is 6.07 Å². The molecular formula is C11H12F2N4. The number of nitrogens with zero attached hydrogens (tertiary/aromatic N) is 2. The first kappa shape index (κ1) is 11.7. The predicted octanol–water partition coefficient (Wildman–Crippen LogP) is 1.78. The predicted molar refractivity (Wildman–Crippen MR) is 58.3 cm³/mol. The van der Waals surface area contributed by atoms with Gasteiger partial charge in [-0.05, 0) is 24.2 Å². The number of aromatic amines is 1. The molecule has 0 amide bonds. The summed E-state index contributed by atoms with van der Waals surface area (Å²) in [6, 6.07) is 3.00. The largest absolute Gasteiger partial charge is 0.304 e. The second-order valence-corrected chi connectivity index (χ2v) is 3.56. The lowest BCUT2D eigenvalue weighted by atomic mass is 10.1. The lowest BCUT2D eigenvalue weighted by molar-refractivity contribution is 0.557. The second-order valence-electron chi connectivity index (χ2n) is 3.56. The van der Waals surface area contributed by atoms with Crippen LogP contribution in [0.15, 0.2) is 24.5 Å². The van der Waals surface area contributed by atoms with E-state index < -0.39 is 17.7 Å². The Kier molecular flexibility index (Phi) is 3.43. The summed E-state index contributed by atoms with van der Waals surface area (Å²) in [6.07, 6.45) is 1.36. The molecule has 17 heavy (non-hydrogen) atoms. The van der Waals surface area contributed by atoms with Crippen molar-refractivity contribution in [1.82, 2.24) is 20.5 Å². The molecule has 4 nitrogen and oxygen atoms in total. The number of rotatable bonds is 4. The Balaban J connectivity index is 2.38. The fraction of sp³-hybridized carbons (Fsp3) is 0.273. The van der Waals surface area contributed by atoms with E-state index in [-0.39, 0.29) is 0 Å². The standard InChI is InChI=1S/C11H12F2N4/c1-2-14-10(11-15-6-16-17-11)7-3-8(12)5-9(13)4-7/h3-6,10,14H,2H2,1H3,(H,15,16,17). The van der Waals surface area contributed by atoms with Crippen molar-refractivity contribution < 1.29 is 8.78 Å². The number of nitrogens with one attached hydrogen (secondary N) is 2. The van der Waals surface area contributed by atoms with Gasteiger partial charge in [-0.25, -0.2) is 13.8 Å². The molecule has 0 saturated heterocycles. The lowest BCUT2D eigenvalue weighted by Crippen LogP contribution is -2.23. The van der Waals surface area contributed by atoms with E-state index >= 15 is 0 Å². The minimum absolute atomic E-state index is 0.396. The zero-order chi connectivity index (χ0) is 12.3. The quantitative estimate of drug-likeness (QED) is 0.853. The highest BCUT2D eigenvalue weighted by Gasteiger charge is 2.17. The Bertz CT molecular complexity index is 464. The summed E-state index contributed by atoms with van der Waals surface area (Å²) < 4.78 is 26.3. The van der Waals surface area contributed by atoms with Crippen LogP contribution in [0.4, 0.5) is 8.78 Å². The molecule has 6 heteroatoms. The van der Waals surface area contributed by atoms with Gasteiger partial charge in [0.1, 0.15) is 23.8 Å². The molecule has 0 radical (unpaired) electrons. The van der Waals surface area contributed by atoms with Crippen molar-refractivity contribution in [3.63, 3.8) is 0 Å². The van der Waals surface area contributed by atoms with Crippen LogP contribution in [0.3, 0.4) is 0 Å². The van der Waals surface area contributed by atoms with Gasteiger partial charge in [0.15, 0.2) is 0 Å². The molecule has 1 atom stereocenters. The fourth-order valence-electron chi connectivity index (χ4n) is 1.67. The van der Waals surface area contributed by atoms with Crippen LogP contribution < -0.4 is 5.32 Å². The Morgan fingerprint density at radius 1 is 1.29 bits per heavy atom. The van der Waals surface area contributed by atoms with Gasteiger partial charge in [-0.15, -0.1) is 0 Å². The molecule has 1 unspecified atom stereocenters. The fourth-order valence-corrected chi connectivity index (χ4v) is 1.67. The van der Waals surface area contributed by atoms with Crippen molar-refractivity contribution in [1.29, 1.82) is 0 Å². The summed E-state index contributed by atoms with van der Waals surface area (Å²) in [5.41, 5.74) is 0.473. The molecular weight excluding hydrogens is 226 g/mol. The molecule has 0 aliphatic carbocycles. The van der Waals surface area contributed by atoms with E-state index in [4.69, 9.17) is 0 Å². The smallest absolute Gasteiger partial charge is 0.145 e. The van der Waals surface area contributed by atoms with Gasteiger partial charge in [0.25, 0.3) is 0 Å². The van der Waals surface area contributed by atoms with E-state index in [1.54, 1.807) is 0 Å². The van der Waals surface area contributed by atoms with E-state index in [0.29, 0.717) is 17.9 Å². The third-order valence-corrected chi connectivity index (χ3v) is 2.33. The normalized spacial score (nSPS) is 12.6.